The fraction of sp³-hybridized carbons (Fsp3) is 0.333. The molecule has 0 saturated carbocycles. The Balaban J connectivity index is 2.63. The lowest BCUT2D eigenvalue weighted by Crippen LogP contribution is -2.14. The Morgan fingerprint density at radius 1 is 1.80 bits per heavy atom. The van der Waals surface area contributed by atoms with Gasteiger partial charge in [-0.1, -0.05) is 0 Å². The van der Waals surface area contributed by atoms with Crippen molar-refractivity contribution in [2.45, 2.75) is 6.54 Å². The number of carbonyl (C=O) groups is 1. The number of hydrogen-bond donors (Lipinski definition) is 1. The first-order chi connectivity index (χ1) is 4.79. The summed E-state index contributed by atoms with van der Waals surface area (Å²) in [6.45, 7) is 0.616. The van der Waals surface area contributed by atoms with Crippen molar-refractivity contribution in [2.75, 3.05) is 0 Å². The van der Waals surface area contributed by atoms with Crippen LogP contribution >= 0.6 is 0 Å². The lowest BCUT2D eigenvalue weighted by atomic mass is 10.4. The van der Waals surface area contributed by atoms with Gasteiger partial charge in [0.1, 0.15) is 0 Å². The summed E-state index contributed by atoms with van der Waals surface area (Å²) in [5.74, 6) is -0.0596. The maximum Gasteiger partial charge on any atom is 0.272 e. The fourth-order valence-corrected chi connectivity index (χ4v) is 1.10. The van der Waals surface area contributed by atoms with Crippen molar-refractivity contribution in [3.8, 4) is 0 Å². The second-order valence-electron chi connectivity index (χ2n) is 2.33. The minimum Gasteiger partial charge on any atom is -0.345 e. The lowest BCUT2D eigenvalue weighted by molar-refractivity contribution is 0.0961. The predicted molar refractivity (Wildman–Crippen MR) is 34.4 cm³/mol. The molecule has 0 atom stereocenters. The first kappa shape index (κ1) is 5.46. The van der Waals surface area contributed by atoms with Crippen LogP contribution in [0.1, 0.15) is 16.2 Å². The minimum absolute atomic E-state index is 0.0596. The highest BCUT2D eigenvalue weighted by Crippen LogP contribution is 2.11. The Bertz CT molecular complexity index is 289. The molecule has 1 amide bonds. The van der Waals surface area contributed by atoms with E-state index < -0.39 is 0 Å². The van der Waals surface area contributed by atoms with Crippen LogP contribution < -0.4 is 5.32 Å². The summed E-state index contributed by atoms with van der Waals surface area (Å²) in [4.78, 5) is 14.8. The van der Waals surface area contributed by atoms with Crippen LogP contribution in [0.4, 0.5) is 0 Å². The molecule has 0 unspecified atom stereocenters. The predicted octanol–water partition coefficient (Wildman–Crippen LogP) is -0.336. The van der Waals surface area contributed by atoms with Crippen LogP contribution in [0.25, 0.3) is 0 Å². The summed E-state index contributed by atoms with van der Waals surface area (Å²) < 4.78 is 1.85. The zero-order valence-corrected chi connectivity index (χ0v) is 5.59. The SMILES string of the molecule is Cn1cnc2c1CNC2=O. The van der Waals surface area contributed by atoms with Gasteiger partial charge in [0.15, 0.2) is 5.69 Å². The van der Waals surface area contributed by atoms with Gasteiger partial charge in [-0.2, -0.15) is 0 Å². The minimum atomic E-state index is -0.0596. The largest absolute Gasteiger partial charge is 0.345 e. The normalized spacial score (nSPS) is 15.1. The van der Waals surface area contributed by atoms with E-state index in [0.717, 1.165) is 5.69 Å². The Hall–Kier alpha value is -1.32. The molecule has 1 aromatic rings. The van der Waals surface area contributed by atoms with Gasteiger partial charge in [-0.05, 0) is 0 Å². The molecule has 52 valence electrons. The van der Waals surface area contributed by atoms with Crippen LogP contribution in [0.15, 0.2) is 6.33 Å². The molecule has 0 spiro atoms. The fourth-order valence-electron chi connectivity index (χ4n) is 1.10. The average Bonchev–Trinajstić information content (AvgIpc) is 2.41. The van der Waals surface area contributed by atoms with Crippen molar-refractivity contribution in [1.82, 2.24) is 14.9 Å². The van der Waals surface area contributed by atoms with Crippen molar-refractivity contribution in [2.24, 2.45) is 7.05 Å². The second-order valence-corrected chi connectivity index (χ2v) is 2.33. The van der Waals surface area contributed by atoms with Crippen LogP contribution in [-0.2, 0) is 13.6 Å². The van der Waals surface area contributed by atoms with Crippen molar-refractivity contribution >= 4 is 5.91 Å². The highest BCUT2D eigenvalue weighted by Gasteiger charge is 2.22. The van der Waals surface area contributed by atoms with E-state index >= 15 is 0 Å². The number of fused-ring (bicyclic) bond motifs is 1. The first-order valence-electron chi connectivity index (χ1n) is 3.07. The monoisotopic (exact) mass is 137 g/mol. The number of aromatic nitrogens is 2. The molecule has 0 aliphatic carbocycles. The molecule has 0 aromatic carbocycles. The van der Waals surface area contributed by atoms with E-state index in [2.05, 4.69) is 10.3 Å². The quantitative estimate of drug-likeness (QED) is 0.532. The molecule has 1 aromatic heterocycles. The Morgan fingerprint density at radius 2 is 2.60 bits per heavy atom. The van der Waals surface area contributed by atoms with Gasteiger partial charge in [0.25, 0.3) is 5.91 Å². The van der Waals surface area contributed by atoms with Gasteiger partial charge in [0.2, 0.25) is 0 Å². The Labute approximate surface area is 57.9 Å². The van der Waals surface area contributed by atoms with E-state index in [1.807, 2.05) is 11.6 Å². The zero-order chi connectivity index (χ0) is 7.14. The lowest BCUT2D eigenvalue weighted by Gasteiger charge is -1.92. The molecule has 10 heavy (non-hydrogen) atoms. The zero-order valence-electron chi connectivity index (χ0n) is 5.59. The molecule has 1 N–H and O–H groups in total. The number of rotatable bonds is 0. The molecule has 0 bridgehead atoms. The van der Waals surface area contributed by atoms with Crippen molar-refractivity contribution in [3.05, 3.63) is 17.7 Å². The maximum atomic E-state index is 10.9. The van der Waals surface area contributed by atoms with Gasteiger partial charge in [-0.15, -0.1) is 0 Å². The van der Waals surface area contributed by atoms with E-state index in [0.29, 0.717) is 12.2 Å². The van der Waals surface area contributed by atoms with Crippen LogP contribution in [0.2, 0.25) is 0 Å². The molecule has 4 heteroatoms. The summed E-state index contributed by atoms with van der Waals surface area (Å²) >= 11 is 0. The third-order valence-electron chi connectivity index (χ3n) is 1.69. The highest BCUT2D eigenvalue weighted by molar-refractivity contribution is 5.95. The standard InChI is InChI=1S/C6H7N3O/c1-9-3-8-5-4(9)2-7-6(5)10/h3H,2H2,1H3,(H,7,10). The smallest absolute Gasteiger partial charge is 0.272 e. The van der Waals surface area contributed by atoms with E-state index in [9.17, 15) is 4.79 Å². The van der Waals surface area contributed by atoms with Gasteiger partial charge in [0.05, 0.1) is 18.6 Å². The van der Waals surface area contributed by atoms with E-state index in [-0.39, 0.29) is 5.91 Å². The summed E-state index contributed by atoms with van der Waals surface area (Å²) in [6, 6.07) is 0. The number of nitrogens with zero attached hydrogens (tertiary/aromatic N) is 2. The summed E-state index contributed by atoms with van der Waals surface area (Å²) in [6.07, 6.45) is 1.66. The van der Waals surface area contributed by atoms with Gasteiger partial charge in [-0.25, -0.2) is 4.98 Å². The van der Waals surface area contributed by atoms with Crippen molar-refractivity contribution in [3.63, 3.8) is 0 Å². The Kier molecular flexibility index (Phi) is 0.869. The van der Waals surface area contributed by atoms with Gasteiger partial charge >= 0.3 is 0 Å². The molecular formula is C6H7N3O. The van der Waals surface area contributed by atoms with Crippen LogP contribution in [0.5, 0.6) is 0 Å². The van der Waals surface area contributed by atoms with Crippen LogP contribution in [0.3, 0.4) is 0 Å². The molecule has 0 saturated heterocycles. The molecule has 4 nitrogen and oxygen atoms in total. The molecule has 1 aliphatic rings. The summed E-state index contributed by atoms with van der Waals surface area (Å²) in [7, 11) is 1.88. The van der Waals surface area contributed by atoms with Crippen molar-refractivity contribution < 1.29 is 4.79 Å². The molecule has 2 heterocycles. The van der Waals surface area contributed by atoms with E-state index in [4.69, 9.17) is 0 Å². The van der Waals surface area contributed by atoms with E-state index in [1.54, 1.807) is 6.33 Å². The topological polar surface area (TPSA) is 46.9 Å². The number of carbonyl (C=O) groups excluding carboxylic acids is 1. The number of nitrogens with one attached hydrogen (secondary N) is 1. The molecule has 0 fully saturated rings. The molecule has 2 rings (SSSR count). The molecular weight excluding hydrogens is 130 g/mol. The number of aryl methyl sites for hydroxylation is 1. The van der Waals surface area contributed by atoms with Gasteiger partial charge < -0.3 is 9.88 Å². The molecule has 1 aliphatic heterocycles. The van der Waals surface area contributed by atoms with Crippen LogP contribution in [0, 0.1) is 0 Å². The maximum absolute atomic E-state index is 10.9. The highest BCUT2D eigenvalue weighted by atomic mass is 16.2. The molecule has 0 radical (unpaired) electrons. The summed E-state index contributed by atoms with van der Waals surface area (Å²) in [5.41, 5.74) is 1.55. The van der Waals surface area contributed by atoms with Gasteiger partial charge in [0, 0.05) is 7.05 Å². The van der Waals surface area contributed by atoms with Crippen molar-refractivity contribution in [1.29, 1.82) is 0 Å². The number of amides is 1. The van der Waals surface area contributed by atoms with E-state index in [1.165, 1.54) is 0 Å². The second kappa shape index (κ2) is 1.59. The third kappa shape index (κ3) is 0.504. The van der Waals surface area contributed by atoms with Crippen LogP contribution in [-0.4, -0.2) is 15.5 Å². The Morgan fingerprint density at radius 3 is 3.30 bits per heavy atom. The average molecular weight is 137 g/mol. The van der Waals surface area contributed by atoms with Gasteiger partial charge in [-0.3, -0.25) is 4.79 Å². The first-order valence-corrected chi connectivity index (χ1v) is 3.07. The number of hydrogen-bond acceptors (Lipinski definition) is 2. The third-order valence-corrected chi connectivity index (χ3v) is 1.69. The number of imidazole rings is 1. The summed E-state index contributed by atoms with van der Waals surface area (Å²) in [5, 5.41) is 2.68.